The Hall–Kier alpha value is -3.88. The minimum Gasteiger partial charge on any atom is -0.368 e. The van der Waals surface area contributed by atoms with Crippen LogP contribution < -0.4 is 11.5 Å². The van der Waals surface area contributed by atoms with Gasteiger partial charge in [-0.1, -0.05) is 24.3 Å². The third-order valence-electron chi connectivity index (χ3n) is 6.91. The number of halogens is 1. The monoisotopic (exact) mass is 484 g/mol. The quantitative estimate of drug-likeness (QED) is 0.446. The maximum absolute atomic E-state index is 16.0. The molecule has 0 unspecified atom stereocenters. The van der Waals surface area contributed by atoms with Gasteiger partial charge < -0.3 is 16.4 Å². The summed E-state index contributed by atoms with van der Waals surface area (Å²) in [6.07, 6.45) is 1.69. The Morgan fingerprint density at radius 2 is 1.78 bits per heavy atom. The lowest BCUT2D eigenvalue weighted by atomic mass is 9.91. The molecule has 0 bridgehead atoms. The Labute approximate surface area is 209 Å². The number of amides is 1. The predicted octanol–water partition coefficient (Wildman–Crippen LogP) is 3.84. The number of nitrogen functional groups attached to an aromatic ring is 1. The van der Waals surface area contributed by atoms with E-state index in [-0.39, 0.29) is 17.1 Å². The maximum Gasteiger partial charge on any atom is 0.249 e. The van der Waals surface area contributed by atoms with Gasteiger partial charge in [-0.2, -0.15) is 0 Å². The third kappa shape index (κ3) is 4.65. The average molecular weight is 485 g/mol. The van der Waals surface area contributed by atoms with Gasteiger partial charge in [0.2, 0.25) is 11.9 Å². The zero-order chi connectivity index (χ0) is 25.4. The zero-order valence-corrected chi connectivity index (χ0v) is 20.5. The Morgan fingerprint density at radius 3 is 2.53 bits per heavy atom. The molecular weight excluding hydrogens is 455 g/mol. The highest BCUT2D eigenvalue weighted by Crippen LogP contribution is 2.35. The van der Waals surface area contributed by atoms with Crippen molar-refractivity contribution >= 4 is 22.8 Å². The number of likely N-dealkylation sites (N-methyl/N-ethyl adjacent to an activating group) is 1. The second kappa shape index (κ2) is 9.64. The number of aryl methyl sites for hydroxylation is 1. The number of nitrogens with zero attached hydrogens (tertiary/aromatic N) is 4. The number of hydrogen-bond donors (Lipinski definition) is 2. The predicted molar refractivity (Wildman–Crippen MR) is 141 cm³/mol. The van der Waals surface area contributed by atoms with Crippen molar-refractivity contribution in [1.29, 1.82) is 0 Å². The normalized spacial score (nSPS) is 14.9. The first kappa shape index (κ1) is 23.8. The van der Waals surface area contributed by atoms with E-state index in [1.807, 2.05) is 43.3 Å². The van der Waals surface area contributed by atoms with Gasteiger partial charge in [0.15, 0.2) is 0 Å². The van der Waals surface area contributed by atoms with E-state index in [0.29, 0.717) is 17.7 Å². The van der Waals surface area contributed by atoms with Gasteiger partial charge in [0.05, 0.1) is 5.52 Å². The molecule has 1 amide bonds. The summed E-state index contributed by atoms with van der Waals surface area (Å²) < 4.78 is 16.0. The van der Waals surface area contributed by atoms with Crippen LogP contribution in [-0.4, -0.2) is 58.9 Å². The summed E-state index contributed by atoms with van der Waals surface area (Å²) >= 11 is 0. The molecule has 4 N–H and O–H groups in total. The third-order valence-corrected chi connectivity index (χ3v) is 6.91. The van der Waals surface area contributed by atoms with E-state index in [1.54, 1.807) is 18.3 Å². The van der Waals surface area contributed by atoms with Crippen LogP contribution in [0, 0.1) is 12.7 Å². The molecule has 1 aliphatic heterocycles. The Balaban J connectivity index is 1.58. The van der Waals surface area contributed by atoms with Gasteiger partial charge in [-0.05, 0) is 60.5 Å². The molecule has 0 radical (unpaired) electrons. The number of anilines is 1. The lowest BCUT2D eigenvalue weighted by Crippen LogP contribution is -2.44. The topological polar surface area (TPSA) is 101 Å². The first-order valence-electron chi connectivity index (χ1n) is 12.0. The summed E-state index contributed by atoms with van der Waals surface area (Å²) in [5.74, 6) is -0.834. The van der Waals surface area contributed by atoms with E-state index in [0.717, 1.165) is 53.8 Å². The Morgan fingerprint density at radius 1 is 1.03 bits per heavy atom. The number of primary amides is 1. The number of carbonyl (C=O) groups is 1. The number of piperazine rings is 1. The number of nitrogens with two attached hydrogens (primary N) is 2. The number of hydrogen-bond acceptors (Lipinski definition) is 6. The molecule has 1 aromatic heterocycles. The first-order valence-corrected chi connectivity index (χ1v) is 12.0. The van der Waals surface area contributed by atoms with Crippen LogP contribution in [0.3, 0.4) is 0 Å². The van der Waals surface area contributed by atoms with Crippen molar-refractivity contribution < 1.29 is 9.18 Å². The lowest BCUT2D eigenvalue weighted by Gasteiger charge is -2.32. The summed E-state index contributed by atoms with van der Waals surface area (Å²) in [6.45, 7) is 6.11. The SMILES string of the molecule is Cc1ccc(-c2c(C(N)=O)ccc(CN3CCN(C)CC3)c2F)cc1-c1ccc2nc(N)ncc2c1. The summed E-state index contributed by atoms with van der Waals surface area (Å²) in [6, 6.07) is 14.8. The van der Waals surface area contributed by atoms with Crippen molar-refractivity contribution in [2.24, 2.45) is 5.73 Å². The summed E-state index contributed by atoms with van der Waals surface area (Å²) in [5.41, 5.74) is 16.6. The number of rotatable bonds is 5. The fourth-order valence-electron chi connectivity index (χ4n) is 4.78. The maximum atomic E-state index is 16.0. The molecule has 1 saturated heterocycles. The molecule has 7 nitrogen and oxygen atoms in total. The number of aromatic nitrogens is 2. The number of carbonyl (C=O) groups excluding carboxylic acids is 1. The molecule has 0 saturated carbocycles. The van der Waals surface area contributed by atoms with Crippen molar-refractivity contribution in [2.75, 3.05) is 39.0 Å². The van der Waals surface area contributed by atoms with Gasteiger partial charge in [-0.25, -0.2) is 14.4 Å². The van der Waals surface area contributed by atoms with Gasteiger partial charge in [0, 0.05) is 61.0 Å². The Kier molecular flexibility index (Phi) is 6.38. The molecule has 2 heterocycles. The molecule has 0 spiro atoms. The highest BCUT2D eigenvalue weighted by atomic mass is 19.1. The van der Waals surface area contributed by atoms with Gasteiger partial charge in [-0.15, -0.1) is 0 Å². The van der Waals surface area contributed by atoms with Crippen molar-refractivity contribution in [3.63, 3.8) is 0 Å². The van der Waals surface area contributed by atoms with Crippen LogP contribution in [0.1, 0.15) is 21.5 Å². The van der Waals surface area contributed by atoms with Crippen LogP contribution in [0.4, 0.5) is 10.3 Å². The fraction of sp³-hybridized carbons (Fsp3) is 0.250. The van der Waals surface area contributed by atoms with Crippen molar-refractivity contribution in [3.8, 4) is 22.3 Å². The lowest BCUT2D eigenvalue weighted by molar-refractivity contribution is 0.100. The van der Waals surface area contributed by atoms with E-state index < -0.39 is 11.7 Å². The first-order chi connectivity index (χ1) is 17.3. The van der Waals surface area contributed by atoms with E-state index >= 15 is 4.39 Å². The fourth-order valence-corrected chi connectivity index (χ4v) is 4.78. The minimum atomic E-state index is -0.655. The average Bonchev–Trinajstić information content (AvgIpc) is 2.86. The van der Waals surface area contributed by atoms with Crippen molar-refractivity contribution in [1.82, 2.24) is 19.8 Å². The number of benzene rings is 3. The molecule has 1 aliphatic rings. The van der Waals surface area contributed by atoms with Crippen LogP contribution >= 0.6 is 0 Å². The van der Waals surface area contributed by atoms with E-state index in [1.165, 1.54) is 0 Å². The molecule has 4 aromatic rings. The number of fused-ring (bicyclic) bond motifs is 1. The second-order valence-electron chi connectivity index (χ2n) is 9.44. The largest absolute Gasteiger partial charge is 0.368 e. The molecule has 3 aromatic carbocycles. The van der Waals surface area contributed by atoms with E-state index in [2.05, 4.69) is 26.8 Å². The summed E-state index contributed by atoms with van der Waals surface area (Å²) in [4.78, 5) is 25.1. The van der Waals surface area contributed by atoms with E-state index in [4.69, 9.17) is 11.5 Å². The van der Waals surface area contributed by atoms with Crippen LogP contribution in [-0.2, 0) is 6.54 Å². The molecule has 0 aliphatic carbocycles. The van der Waals surface area contributed by atoms with Crippen LogP contribution in [0.25, 0.3) is 33.2 Å². The van der Waals surface area contributed by atoms with Crippen LogP contribution in [0.15, 0.2) is 54.7 Å². The summed E-state index contributed by atoms with van der Waals surface area (Å²) in [5, 5.41) is 0.852. The highest BCUT2D eigenvalue weighted by molar-refractivity contribution is 6.00. The standard InChI is InChI=1S/C28H29FN6O/c1-17-3-4-19(14-23(17)18-6-8-24-21(13-18)15-32-28(31)33-24)25-22(27(30)36)7-5-20(26(25)29)16-35-11-9-34(2)10-12-35/h3-8,13-15H,9-12,16H2,1-2H3,(H2,30,36)(H2,31,32,33). The zero-order valence-electron chi connectivity index (χ0n) is 20.5. The van der Waals surface area contributed by atoms with Gasteiger partial charge in [-0.3, -0.25) is 9.69 Å². The van der Waals surface area contributed by atoms with Crippen LogP contribution in [0.5, 0.6) is 0 Å². The molecule has 8 heteroatoms. The van der Waals surface area contributed by atoms with Crippen LogP contribution in [0.2, 0.25) is 0 Å². The Bertz CT molecular complexity index is 1460. The molecular formula is C28H29FN6O. The molecule has 184 valence electrons. The molecule has 0 atom stereocenters. The second-order valence-corrected chi connectivity index (χ2v) is 9.44. The van der Waals surface area contributed by atoms with E-state index in [9.17, 15) is 4.79 Å². The molecule has 5 rings (SSSR count). The van der Waals surface area contributed by atoms with Gasteiger partial charge >= 0.3 is 0 Å². The van der Waals surface area contributed by atoms with Crippen molar-refractivity contribution in [2.45, 2.75) is 13.5 Å². The van der Waals surface area contributed by atoms with Gasteiger partial charge in [0.1, 0.15) is 5.82 Å². The molecule has 36 heavy (non-hydrogen) atoms. The van der Waals surface area contributed by atoms with Gasteiger partial charge in [0.25, 0.3) is 0 Å². The highest BCUT2D eigenvalue weighted by Gasteiger charge is 2.22. The van der Waals surface area contributed by atoms with Crippen molar-refractivity contribution in [3.05, 3.63) is 77.2 Å². The summed E-state index contributed by atoms with van der Waals surface area (Å²) in [7, 11) is 2.09. The smallest absolute Gasteiger partial charge is 0.249 e. The molecule has 1 fully saturated rings. The minimum absolute atomic E-state index is 0.173.